The number of rotatable bonds is 3. The van der Waals surface area contributed by atoms with Crippen molar-refractivity contribution in [2.45, 2.75) is 6.42 Å². The Kier molecular flexibility index (Phi) is 3.82. The van der Waals surface area contributed by atoms with Crippen molar-refractivity contribution in [2.75, 3.05) is 24.6 Å². The van der Waals surface area contributed by atoms with Crippen molar-refractivity contribution in [3.63, 3.8) is 0 Å². The van der Waals surface area contributed by atoms with Gasteiger partial charge in [-0.25, -0.2) is 0 Å². The molecule has 1 atom stereocenters. The predicted molar refractivity (Wildman–Crippen MR) is 73.2 cm³/mol. The van der Waals surface area contributed by atoms with E-state index in [2.05, 4.69) is 22.6 Å². The fraction of sp³-hybridized carbons (Fsp3) is 0.455. The summed E-state index contributed by atoms with van der Waals surface area (Å²) in [6.07, 6.45) is 0.889. The molecule has 17 heavy (non-hydrogen) atoms. The van der Waals surface area contributed by atoms with Crippen molar-refractivity contribution in [3.05, 3.63) is 31.9 Å². The first kappa shape index (κ1) is 12.6. The Balaban J connectivity index is 2.29. The number of nitrogens with zero attached hydrogens (tertiary/aromatic N) is 2. The van der Waals surface area contributed by atoms with Crippen LogP contribution >= 0.6 is 22.6 Å². The summed E-state index contributed by atoms with van der Waals surface area (Å²) in [4.78, 5) is 12.6. The number of benzene rings is 1. The summed E-state index contributed by atoms with van der Waals surface area (Å²) in [5, 5.41) is 20.1. The minimum Gasteiger partial charge on any atom is -0.396 e. The van der Waals surface area contributed by atoms with Gasteiger partial charge in [0.05, 0.1) is 4.92 Å². The lowest BCUT2D eigenvalue weighted by molar-refractivity contribution is -0.384. The monoisotopic (exact) mass is 348 g/mol. The molecule has 0 radical (unpaired) electrons. The van der Waals surface area contributed by atoms with E-state index in [1.54, 1.807) is 12.1 Å². The molecule has 1 aromatic rings. The molecule has 1 fully saturated rings. The zero-order chi connectivity index (χ0) is 12.4. The molecule has 1 N–H and O–H groups in total. The third-order valence-corrected chi connectivity index (χ3v) is 3.69. The smallest absolute Gasteiger partial charge is 0.293 e. The zero-order valence-electron chi connectivity index (χ0n) is 9.17. The second-order valence-corrected chi connectivity index (χ2v) is 5.42. The molecule has 5 nitrogen and oxygen atoms in total. The minimum absolute atomic E-state index is 0.147. The Morgan fingerprint density at radius 1 is 1.59 bits per heavy atom. The molecule has 0 saturated carbocycles. The van der Waals surface area contributed by atoms with Gasteiger partial charge >= 0.3 is 0 Å². The fourth-order valence-corrected chi connectivity index (χ4v) is 2.59. The van der Waals surface area contributed by atoms with Crippen molar-refractivity contribution in [2.24, 2.45) is 5.92 Å². The molecule has 6 heteroatoms. The standard InChI is InChI=1S/C11H13IN2O3/c12-9-1-2-10(11(5-9)14(16)17)13-4-3-8(6-13)7-15/h1-2,5,8,15H,3-4,6-7H2. The highest BCUT2D eigenvalue weighted by atomic mass is 127. The van der Waals surface area contributed by atoms with Crippen LogP contribution in [0.4, 0.5) is 11.4 Å². The molecule has 1 aliphatic rings. The third-order valence-electron chi connectivity index (χ3n) is 3.02. The number of hydrogen-bond acceptors (Lipinski definition) is 4. The first-order chi connectivity index (χ1) is 8.11. The number of halogens is 1. The first-order valence-corrected chi connectivity index (χ1v) is 6.49. The second-order valence-electron chi connectivity index (χ2n) is 4.17. The Labute approximate surface area is 113 Å². The lowest BCUT2D eigenvalue weighted by atomic mass is 10.1. The van der Waals surface area contributed by atoms with Crippen LogP contribution in [0, 0.1) is 19.6 Å². The van der Waals surface area contributed by atoms with Gasteiger partial charge in [0.2, 0.25) is 0 Å². The normalized spacial score (nSPS) is 19.6. The summed E-state index contributed by atoms with van der Waals surface area (Å²) >= 11 is 2.07. The largest absolute Gasteiger partial charge is 0.396 e. The molecule has 1 saturated heterocycles. The van der Waals surface area contributed by atoms with Crippen LogP contribution in [0.5, 0.6) is 0 Å². The lowest BCUT2D eigenvalue weighted by Gasteiger charge is -2.18. The second kappa shape index (κ2) is 5.18. The van der Waals surface area contributed by atoms with Gasteiger partial charge in [0.25, 0.3) is 5.69 Å². The molecule has 0 aromatic heterocycles. The van der Waals surface area contributed by atoms with Gasteiger partial charge in [-0.2, -0.15) is 0 Å². The van der Waals surface area contributed by atoms with Gasteiger partial charge in [0, 0.05) is 35.3 Å². The molecule has 92 valence electrons. The summed E-state index contributed by atoms with van der Waals surface area (Å²) in [6.45, 7) is 1.61. The van der Waals surface area contributed by atoms with Crippen molar-refractivity contribution >= 4 is 34.0 Å². The van der Waals surface area contributed by atoms with Gasteiger partial charge in [-0.05, 0) is 41.1 Å². The quantitative estimate of drug-likeness (QED) is 0.516. The van der Waals surface area contributed by atoms with E-state index in [0.717, 1.165) is 16.5 Å². The molecule has 1 unspecified atom stereocenters. The highest BCUT2D eigenvalue weighted by molar-refractivity contribution is 14.1. The highest BCUT2D eigenvalue weighted by Gasteiger charge is 2.27. The molecule has 1 aromatic carbocycles. The topological polar surface area (TPSA) is 66.6 Å². The first-order valence-electron chi connectivity index (χ1n) is 5.41. The Morgan fingerprint density at radius 3 is 2.94 bits per heavy atom. The SMILES string of the molecule is O=[N+]([O-])c1cc(I)ccc1N1CCC(CO)C1. The molecular weight excluding hydrogens is 335 g/mol. The Bertz CT molecular complexity index is 439. The molecule has 0 spiro atoms. The van der Waals surface area contributed by atoms with E-state index >= 15 is 0 Å². The van der Waals surface area contributed by atoms with E-state index in [-0.39, 0.29) is 23.1 Å². The Morgan fingerprint density at radius 2 is 2.35 bits per heavy atom. The van der Waals surface area contributed by atoms with Crippen molar-refractivity contribution < 1.29 is 10.0 Å². The maximum Gasteiger partial charge on any atom is 0.293 e. The van der Waals surface area contributed by atoms with E-state index < -0.39 is 0 Å². The molecule has 0 amide bonds. The van der Waals surface area contributed by atoms with Crippen LogP contribution < -0.4 is 4.90 Å². The molecule has 1 aliphatic heterocycles. The van der Waals surface area contributed by atoms with E-state index in [9.17, 15) is 10.1 Å². The number of anilines is 1. The number of aliphatic hydroxyl groups excluding tert-OH is 1. The summed E-state index contributed by atoms with van der Waals surface area (Å²) < 4.78 is 0.857. The van der Waals surface area contributed by atoms with Crippen molar-refractivity contribution in [3.8, 4) is 0 Å². The van der Waals surface area contributed by atoms with E-state index in [1.807, 2.05) is 11.0 Å². The third kappa shape index (κ3) is 2.68. The van der Waals surface area contributed by atoms with Crippen LogP contribution in [0.3, 0.4) is 0 Å². The average molecular weight is 348 g/mol. The summed E-state index contributed by atoms with van der Waals surface area (Å²) in [7, 11) is 0. The number of nitro groups is 1. The summed E-state index contributed by atoms with van der Waals surface area (Å²) in [5.41, 5.74) is 0.807. The highest BCUT2D eigenvalue weighted by Crippen LogP contribution is 2.33. The maximum absolute atomic E-state index is 11.0. The van der Waals surface area contributed by atoms with Gasteiger partial charge in [-0.3, -0.25) is 10.1 Å². The van der Waals surface area contributed by atoms with Crippen molar-refractivity contribution in [1.29, 1.82) is 0 Å². The maximum atomic E-state index is 11.0. The fourth-order valence-electron chi connectivity index (χ4n) is 2.11. The van der Waals surface area contributed by atoms with Gasteiger partial charge < -0.3 is 10.0 Å². The number of aliphatic hydroxyl groups is 1. The summed E-state index contributed by atoms with van der Waals surface area (Å²) in [5.74, 6) is 0.230. The summed E-state index contributed by atoms with van der Waals surface area (Å²) in [6, 6.07) is 5.25. The van der Waals surface area contributed by atoms with Crippen LogP contribution in [0.2, 0.25) is 0 Å². The van der Waals surface area contributed by atoms with Crippen LogP contribution in [-0.4, -0.2) is 29.7 Å². The van der Waals surface area contributed by atoms with Gasteiger partial charge in [-0.1, -0.05) is 0 Å². The Hall–Kier alpha value is -0.890. The van der Waals surface area contributed by atoms with Crippen LogP contribution in [0.25, 0.3) is 0 Å². The average Bonchev–Trinajstić information content (AvgIpc) is 2.77. The van der Waals surface area contributed by atoms with Gasteiger partial charge in [-0.15, -0.1) is 0 Å². The van der Waals surface area contributed by atoms with E-state index in [4.69, 9.17) is 5.11 Å². The minimum atomic E-state index is -0.343. The molecule has 0 aliphatic carbocycles. The van der Waals surface area contributed by atoms with E-state index in [0.29, 0.717) is 12.2 Å². The van der Waals surface area contributed by atoms with Gasteiger partial charge in [0.15, 0.2) is 0 Å². The predicted octanol–water partition coefficient (Wildman–Crippen LogP) is 2.02. The molecule has 2 rings (SSSR count). The number of hydrogen-bond donors (Lipinski definition) is 1. The molecular formula is C11H13IN2O3. The molecule has 1 heterocycles. The number of nitro benzene ring substituents is 1. The molecule has 0 bridgehead atoms. The van der Waals surface area contributed by atoms with Crippen LogP contribution in [-0.2, 0) is 0 Å². The zero-order valence-corrected chi connectivity index (χ0v) is 11.3. The van der Waals surface area contributed by atoms with Gasteiger partial charge in [0.1, 0.15) is 5.69 Å². The van der Waals surface area contributed by atoms with Crippen molar-refractivity contribution in [1.82, 2.24) is 0 Å². The van der Waals surface area contributed by atoms with Crippen LogP contribution in [0.1, 0.15) is 6.42 Å². The van der Waals surface area contributed by atoms with Crippen LogP contribution in [0.15, 0.2) is 18.2 Å². The van der Waals surface area contributed by atoms with E-state index in [1.165, 1.54) is 0 Å². The lowest BCUT2D eigenvalue weighted by Crippen LogP contribution is -2.21.